The summed E-state index contributed by atoms with van der Waals surface area (Å²) < 4.78 is 6.65. The number of benzene rings is 1. The van der Waals surface area contributed by atoms with Crippen molar-refractivity contribution in [1.29, 1.82) is 0 Å². The normalized spacial score (nSPS) is 10.2. The number of anilines is 1. The molecule has 2 N–H and O–H groups in total. The van der Waals surface area contributed by atoms with Crippen LogP contribution in [0.5, 0.6) is 5.75 Å². The van der Waals surface area contributed by atoms with Crippen LogP contribution in [0.3, 0.4) is 0 Å². The Balaban J connectivity index is 2.25. The lowest BCUT2D eigenvalue weighted by atomic mass is 10.2. The number of nitrogen functional groups attached to an aromatic ring is 1. The van der Waals surface area contributed by atoms with E-state index in [1.165, 1.54) is 0 Å². The van der Waals surface area contributed by atoms with Gasteiger partial charge in [0.15, 0.2) is 0 Å². The van der Waals surface area contributed by atoms with E-state index in [-0.39, 0.29) is 11.2 Å². The molecule has 17 heavy (non-hydrogen) atoms. The Bertz CT molecular complexity index is 558. The molecule has 2 aromatic rings. The van der Waals surface area contributed by atoms with Gasteiger partial charge in [0.25, 0.3) is 5.56 Å². The van der Waals surface area contributed by atoms with Gasteiger partial charge in [0.2, 0.25) is 0 Å². The monoisotopic (exact) mass is 230 g/mol. The maximum absolute atomic E-state index is 11.7. The van der Waals surface area contributed by atoms with Gasteiger partial charge >= 0.3 is 0 Å². The van der Waals surface area contributed by atoms with Crippen LogP contribution < -0.4 is 16.0 Å². The molecule has 0 unspecified atom stereocenters. The quantitative estimate of drug-likeness (QED) is 0.869. The van der Waals surface area contributed by atoms with Gasteiger partial charge in [-0.25, -0.2) is 0 Å². The highest BCUT2D eigenvalue weighted by atomic mass is 16.5. The van der Waals surface area contributed by atoms with Crippen LogP contribution in [0.25, 0.3) is 0 Å². The van der Waals surface area contributed by atoms with Crippen molar-refractivity contribution in [3.05, 3.63) is 58.5 Å². The molecule has 0 aliphatic heterocycles. The summed E-state index contributed by atoms with van der Waals surface area (Å²) in [7, 11) is 1.62. The Morgan fingerprint density at radius 1 is 1.24 bits per heavy atom. The van der Waals surface area contributed by atoms with Crippen LogP contribution in [-0.4, -0.2) is 11.7 Å². The Morgan fingerprint density at radius 3 is 2.59 bits per heavy atom. The molecule has 0 spiro atoms. The van der Waals surface area contributed by atoms with Crippen LogP contribution >= 0.6 is 0 Å². The van der Waals surface area contributed by atoms with Crippen molar-refractivity contribution in [2.75, 3.05) is 12.8 Å². The fraction of sp³-hybridized carbons (Fsp3) is 0.154. The number of pyridine rings is 1. The standard InChI is InChI=1S/C13H14N2O2/c1-17-11-6-4-10(5-7-11)9-15-8-2-3-12(14)13(15)16/h2-8H,9,14H2,1H3. The number of ether oxygens (including phenoxy) is 1. The molecular weight excluding hydrogens is 216 g/mol. The first-order valence-corrected chi connectivity index (χ1v) is 5.28. The second kappa shape index (κ2) is 4.74. The summed E-state index contributed by atoms with van der Waals surface area (Å²) in [5.41, 5.74) is 6.69. The number of aromatic nitrogens is 1. The molecule has 0 saturated carbocycles. The van der Waals surface area contributed by atoms with E-state index in [4.69, 9.17) is 10.5 Å². The average Bonchev–Trinajstić information content (AvgIpc) is 2.36. The van der Waals surface area contributed by atoms with Crippen molar-refractivity contribution in [2.24, 2.45) is 0 Å². The number of nitrogens with two attached hydrogens (primary N) is 1. The van der Waals surface area contributed by atoms with Gasteiger partial charge in [-0.3, -0.25) is 4.79 Å². The summed E-state index contributed by atoms with van der Waals surface area (Å²) >= 11 is 0. The first-order chi connectivity index (χ1) is 8.20. The van der Waals surface area contributed by atoms with Crippen LogP contribution in [-0.2, 0) is 6.54 Å². The predicted molar refractivity (Wildman–Crippen MR) is 67.2 cm³/mol. The summed E-state index contributed by atoms with van der Waals surface area (Å²) in [6.45, 7) is 0.508. The number of nitrogens with zero attached hydrogens (tertiary/aromatic N) is 1. The van der Waals surface area contributed by atoms with E-state index < -0.39 is 0 Å². The van der Waals surface area contributed by atoms with Gasteiger partial charge in [0.05, 0.1) is 19.3 Å². The third-order valence-electron chi connectivity index (χ3n) is 2.56. The number of hydrogen-bond acceptors (Lipinski definition) is 3. The Morgan fingerprint density at radius 2 is 1.94 bits per heavy atom. The highest BCUT2D eigenvalue weighted by molar-refractivity contribution is 5.34. The lowest BCUT2D eigenvalue weighted by molar-refractivity contribution is 0.414. The second-order valence-corrected chi connectivity index (χ2v) is 3.74. The van der Waals surface area contributed by atoms with Crippen LogP contribution in [0.1, 0.15) is 5.56 Å². The smallest absolute Gasteiger partial charge is 0.273 e. The van der Waals surface area contributed by atoms with Crippen LogP contribution in [0.4, 0.5) is 5.69 Å². The summed E-state index contributed by atoms with van der Waals surface area (Å²) in [6, 6.07) is 11.0. The highest BCUT2D eigenvalue weighted by Crippen LogP contribution is 2.11. The van der Waals surface area contributed by atoms with Crippen LogP contribution in [0.2, 0.25) is 0 Å². The molecule has 0 aliphatic rings. The van der Waals surface area contributed by atoms with Gasteiger partial charge in [0.1, 0.15) is 5.75 Å². The largest absolute Gasteiger partial charge is 0.497 e. The highest BCUT2D eigenvalue weighted by Gasteiger charge is 2.00. The molecule has 0 bridgehead atoms. The van der Waals surface area contributed by atoms with Gasteiger partial charge in [-0.05, 0) is 29.8 Å². The third kappa shape index (κ3) is 2.47. The maximum atomic E-state index is 11.7. The fourth-order valence-electron chi connectivity index (χ4n) is 1.61. The van der Waals surface area contributed by atoms with Gasteiger partial charge in [-0.15, -0.1) is 0 Å². The van der Waals surface area contributed by atoms with Crippen LogP contribution in [0, 0.1) is 0 Å². The number of hydrogen-bond donors (Lipinski definition) is 1. The lowest BCUT2D eigenvalue weighted by Gasteiger charge is -2.07. The minimum Gasteiger partial charge on any atom is -0.497 e. The molecule has 1 aromatic heterocycles. The Kier molecular flexibility index (Phi) is 3.14. The van der Waals surface area contributed by atoms with Gasteiger partial charge in [-0.2, -0.15) is 0 Å². The summed E-state index contributed by atoms with van der Waals surface area (Å²) in [5.74, 6) is 0.800. The zero-order chi connectivity index (χ0) is 12.3. The second-order valence-electron chi connectivity index (χ2n) is 3.74. The molecule has 0 amide bonds. The lowest BCUT2D eigenvalue weighted by Crippen LogP contribution is -2.22. The molecule has 0 aliphatic carbocycles. The molecular formula is C13H14N2O2. The summed E-state index contributed by atoms with van der Waals surface area (Å²) in [6.07, 6.45) is 1.73. The molecule has 4 heteroatoms. The number of methoxy groups -OCH3 is 1. The molecule has 0 radical (unpaired) electrons. The number of rotatable bonds is 3. The first kappa shape index (κ1) is 11.3. The van der Waals surface area contributed by atoms with Crippen molar-refractivity contribution in [1.82, 2.24) is 4.57 Å². The summed E-state index contributed by atoms with van der Waals surface area (Å²) in [5, 5.41) is 0. The molecule has 0 fully saturated rings. The van der Waals surface area contributed by atoms with Gasteiger partial charge in [0, 0.05) is 6.20 Å². The van der Waals surface area contributed by atoms with E-state index in [1.54, 1.807) is 30.0 Å². The molecule has 88 valence electrons. The van der Waals surface area contributed by atoms with Crippen LogP contribution in [0.15, 0.2) is 47.4 Å². The fourth-order valence-corrected chi connectivity index (χ4v) is 1.61. The average molecular weight is 230 g/mol. The first-order valence-electron chi connectivity index (χ1n) is 5.28. The van der Waals surface area contributed by atoms with Crippen molar-refractivity contribution in [3.8, 4) is 5.75 Å². The third-order valence-corrected chi connectivity index (χ3v) is 2.56. The van der Waals surface area contributed by atoms with E-state index in [9.17, 15) is 4.79 Å². The van der Waals surface area contributed by atoms with Gasteiger partial charge < -0.3 is 15.0 Å². The van der Waals surface area contributed by atoms with E-state index in [0.29, 0.717) is 6.54 Å². The maximum Gasteiger partial charge on any atom is 0.273 e. The predicted octanol–water partition coefficient (Wildman–Crippen LogP) is 1.49. The van der Waals surface area contributed by atoms with Crippen molar-refractivity contribution in [3.63, 3.8) is 0 Å². The molecule has 2 rings (SSSR count). The molecule has 1 aromatic carbocycles. The van der Waals surface area contributed by atoms with Crippen molar-refractivity contribution in [2.45, 2.75) is 6.54 Å². The molecule has 0 atom stereocenters. The Labute approximate surface area is 99.3 Å². The van der Waals surface area contributed by atoms with Gasteiger partial charge in [-0.1, -0.05) is 12.1 Å². The van der Waals surface area contributed by atoms with E-state index in [1.807, 2.05) is 24.3 Å². The molecule has 1 heterocycles. The van der Waals surface area contributed by atoms with Crippen molar-refractivity contribution < 1.29 is 4.74 Å². The zero-order valence-electron chi connectivity index (χ0n) is 9.59. The zero-order valence-corrected chi connectivity index (χ0v) is 9.59. The van der Waals surface area contributed by atoms with E-state index in [2.05, 4.69) is 0 Å². The SMILES string of the molecule is COc1ccc(Cn2cccc(N)c2=O)cc1. The molecule has 0 saturated heterocycles. The topological polar surface area (TPSA) is 57.2 Å². The minimum absolute atomic E-state index is 0.164. The van der Waals surface area contributed by atoms with E-state index >= 15 is 0 Å². The molecule has 4 nitrogen and oxygen atoms in total. The summed E-state index contributed by atoms with van der Waals surface area (Å²) in [4.78, 5) is 11.7. The van der Waals surface area contributed by atoms with E-state index in [0.717, 1.165) is 11.3 Å². The van der Waals surface area contributed by atoms with Crippen molar-refractivity contribution >= 4 is 5.69 Å². The Hall–Kier alpha value is -2.23. The minimum atomic E-state index is -0.164.